The van der Waals surface area contributed by atoms with E-state index < -0.39 is 24.0 Å². The lowest BCUT2D eigenvalue weighted by Crippen LogP contribution is -2.43. The predicted molar refractivity (Wildman–Crippen MR) is 98.2 cm³/mol. The van der Waals surface area contributed by atoms with E-state index in [1.807, 2.05) is 36.4 Å². The molecule has 0 bridgehead atoms. The molecule has 2 amide bonds. The molecule has 0 saturated carbocycles. The summed E-state index contributed by atoms with van der Waals surface area (Å²) in [7, 11) is 0. The van der Waals surface area contributed by atoms with Crippen LogP contribution in [0.3, 0.4) is 0 Å². The molecule has 0 saturated heterocycles. The third-order valence-corrected chi connectivity index (χ3v) is 4.02. The molecule has 2 rings (SSSR count). The molecule has 0 fully saturated rings. The van der Waals surface area contributed by atoms with E-state index >= 15 is 0 Å². The number of carboxylic acid groups (broad SMARTS) is 2. The molecule has 0 radical (unpaired) electrons. The van der Waals surface area contributed by atoms with Crippen LogP contribution in [0.4, 0.5) is 10.5 Å². The van der Waals surface area contributed by atoms with Gasteiger partial charge >= 0.3 is 18.0 Å². The number of hydrogen-bond donors (Lipinski definition) is 4. The Morgan fingerprint density at radius 3 is 2.38 bits per heavy atom. The third kappa shape index (κ3) is 5.77. The van der Waals surface area contributed by atoms with Crippen molar-refractivity contribution in [3.63, 3.8) is 0 Å². The number of nitrogens with one attached hydrogen (secondary N) is 2. The maximum absolute atomic E-state index is 12.2. The van der Waals surface area contributed by atoms with E-state index in [1.165, 1.54) is 0 Å². The highest BCUT2D eigenvalue weighted by Crippen LogP contribution is 2.22. The SMILES string of the molecule is O=C(O)CCCCCC(NC(=O)Nc1cccc2ccccc12)C(=O)O. The molecule has 1 atom stereocenters. The number of urea groups is 1. The van der Waals surface area contributed by atoms with Crippen molar-refractivity contribution >= 4 is 34.4 Å². The molecule has 2 aromatic rings. The van der Waals surface area contributed by atoms with Gasteiger partial charge in [-0.2, -0.15) is 0 Å². The van der Waals surface area contributed by atoms with Crippen LogP contribution >= 0.6 is 0 Å². The molecule has 4 N–H and O–H groups in total. The Morgan fingerprint density at radius 2 is 1.65 bits per heavy atom. The lowest BCUT2D eigenvalue weighted by atomic mass is 10.1. The fraction of sp³-hybridized carbons (Fsp3) is 0.316. The average Bonchev–Trinajstić information content (AvgIpc) is 2.60. The van der Waals surface area contributed by atoms with Crippen LogP contribution in [-0.2, 0) is 9.59 Å². The highest BCUT2D eigenvalue weighted by atomic mass is 16.4. The van der Waals surface area contributed by atoms with Gasteiger partial charge in [-0.05, 0) is 24.3 Å². The smallest absolute Gasteiger partial charge is 0.326 e. The van der Waals surface area contributed by atoms with E-state index in [1.54, 1.807) is 6.07 Å². The van der Waals surface area contributed by atoms with Crippen molar-refractivity contribution in [3.05, 3.63) is 42.5 Å². The molecule has 1 unspecified atom stereocenters. The van der Waals surface area contributed by atoms with Gasteiger partial charge in [0.05, 0.1) is 5.69 Å². The van der Waals surface area contributed by atoms with Crippen LogP contribution in [-0.4, -0.2) is 34.2 Å². The molecule has 0 aromatic heterocycles. The molecule has 0 aliphatic carbocycles. The lowest BCUT2D eigenvalue weighted by molar-refractivity contribution is -0.139. The Kier molecular flexibility index (Phi) is 6.96. The van der Waals surface area contributed by atoms with Crippen molar-refractivity contribution in [3.8, 4) is 0 Å². The van der Waals surface area contributed by atoms with Gasteiger partial charge in [0.15, 0.2) is 0 Å². The Morgan fingerprint density at radius 1 is 0.923 bits per heavy atom. The van der Waals surface area contributed by atoms with E-state index in [9.17, 15) is 19.5 Å². The number of carbonyl (C=O) groups is 3. The van der Waals surface area contributed by atoms with E-state index in [2.05, 4.69) is 10.6 Å². The van der Waals surface area contributed by atoms with Crippen molar-refractivity contribution < 1.29 is 24.6 Å². The van der Waals surface area contributed by atoms with Gasteiger partial charge in [0.25, 0.3) is 0 Å². The number of unbranched alkanes of at least 4 members (excludes halogenated alkanes) is 2. The van der Waals surface area contributed by atoms with Gasteiger partial charge in [-0.25, -0.2) is 9.59 Å². The van der Waals surface area contributed by atoms with Gasteiger partial charge in [-0.15, -0.1) is 0 Å². The molecule has 0 aliphatic rings. The number of anilines is 1. The zero-order valence-electron chi connectivity index (χ0n) is 14.3. The van der Waals surface area contributed by atoms with Crippen molar-refractivity contribution in [2.75, 3.05) is 5.32 Å². The summed E-state index contributed by atoms with van der Waals surface area (Å²) in [5, 5.41) is 24.8. The van der Waals surface area contributed by atoms with Crippen LogP contribution in [0.5, 0.6) is 0 Å². The summed E-state index contributed by atoms with van der Waals surface area (Å²) < 4.78 is 0. The monoisotopic (exact) mass is 358 g/mol. The maximum atomic E-state index is 12.2. The largest absolute Gasteiger partial charge is 0.481 e. The molecular formula is C19H22N2O5. The second kappa shape index (κ2) is 9.41. The van der Waals surface area contributed by atoms with Gasteiger partial charge in [-0.3, -0.25) is 4.79 Å². The van der Waals surface area contributed by atoms with E-state index in [0.29, 0.717) is 24.9 Å². The van der Waals surface area contributed by atoms with Crippen LogP contribution in [0.25, 0.3) is 10.8 Å². The van der Waals surface area contributed by atoms with Crippen molar-refractivity contribution in [1.82, 2.24) is 5.32 Å². The third-order valence-electron chi connectivity index (χ3n) is 4.02. The van der Waals surface area contributed by atoms with Crippen molar-refractivity contribution in [2.24, 2.45) is 0 Å². The zero-order valence-corrected chi connectivity index (χ0v) is 14.3. The molecule has 0 spiro atoms. The number of benzene rings is 2. The molecule has 2 aromatic carbocycles. The first kappa shape index (κ1) is 19.2. The number of rotatable bonds is 9. The van der Waals surface area contributed by atoms with Gasteiger partial charge in [0.1, 0.15) is 6.04 Å². The molecule has 7 nitrogen and oxygen atoms in total. The highest BCUT2D eigenvalue weighted by Gasteiger charge is 2.19. The predicted octanol–water partition coefficient (Wildman–Crippen LogP) is 3.45. The summed E-state index contributed by atoms with van der Waals surface area (Å²) >= 11 is 0. The quantitative estimate of drug-likeness (QED) is 0.512. The molecule has 26 heavy (non-hydrogen) atoms. The van der Waals surface area contributed by atoms with E-state index in [4.69, 9.17) is 5.11 Å². The standard InChI is InChI=1S/C19H22N2O5/c22-17(23)12-3-1-2-10-16(18(24)25)21-19(26)20-15-11-6-8-13-7-4-5-9-14(13)15/h4-9,11,16H,1-3,10,12H2,(H,22,23)(H,24,25)(H2,20,21,26). The Hall–Kier alpha value is -3.09. The molecule has 138 valence electrons. The number of carbonyl (C=O) groups excluding carboxylic acids is 1. The second-order valence-electron chi connectivity index (χ2n) is 6.01. The number of hydrogen-bond acceptors (Lipinski definition) is 3. The minimum atomic E-state index is -1.11. The Balaban J connectivity index is 1.90. The Labute approximate surface area is 151 Å². The van der Waals surface area contributed by atoms with Gasteiger partial charge in [-0.1, -0.05) is 49.2 Å². The van der Waals surface area contributed by atoms with Crippen LogP contribution in [0, 0.1) is 0 Å². The van der Waals surface area contributed by atoms with Crippen LogP contribution < -0.4 is 10.6 Å². The first-order valence-electron chi connectivity index (χ1n) is 8.47. The normalized spacial score (nSPS) is 11.7. The van der Waals surface area contributed by atoms with Crippen LogP contribution in [0.2, 0.25) is 0 Å². The summed E-state index contributed by atoms with van der Waals surface area (Å²) in [6.45, 7) is 0. The summed E-state index contributed by atoms with van der Waals surface area (Å²) in [4.78, 5) is 34.0. The minimum absolute atomic E-state index is 0.0622. The topological polar surface area (TPSA) is 116 Å². The Bertz CT molecular complexity index is 785. The lowest BCUT2D eigenvalue weighted by Gasteiger charge is -2.16. The summed E-state index contributed by atoms with van der Waals surface area (Å²) in [6, 6.07) is 11.5. The number of amides is 2. The minimum Gasteiger partial charge on any atom is -0.481 e. The highest BCUT2D eigenvalue weighted by molar-refractivity contribution is 6.02. The molecule has 0 heterocycles. The fourth-order valence-electron chi connectivity index (χ4n) is 2.71. The first-order valence-corrected chi connectivity index (χ1v) is 8.47. The molecule has 0 aliphatic heterocycles. The van der Waals surface area contributed by atoms with Gasteiger partial charge in [0.2, 0.25) is 0 Å². The zero-order chi connectivity index (χ0) is 18.9. The van der Waals surface area contributed by atoms with Crippen molar-refractivity contribution in [1.29, 1.82) is 0 Å². The average molecular weight is 358 g/mol. The summed E-state index contributed by atoms with van der Waals surface area (Å²) in [6.07, 6.45) is 1.93. The number of aliphatic carboxylic acids is 2. The number of fused-ring (bicyclic) bond motifs is 1. The molecule has 7 heteroatoms. The van der Waals surface area contributed by atoms with Gasteiger partial charge < -0.3 is 20.8 Å². The second-order valence-corrected chi connectivity index (χ2v) is 6.01. The molecular weight excluding hydrogens is 336 g/mol. The van der Waals surface area contributed by atoms with Crippen LogP contribution in [0.1, 0.15) is 32.1 Å². The van der Waals surface area contributed by atoms with Crippen LogP contribution in [0.15, 0.2) is 42.5 Å². The summed E-state index contributed by atoms with van der Waals surface area (Å²) in [5.41, 5.74) is 0.603. The fourth-order valence-corrected chi connectivity index (χ4v) is 2.71. The summed E-state index contributed by atoms with van der Waals surface area (Å²) in [5.74, 6) is -1.98. The van der Waals surface area contributed by atoms with Crippen molar-refractivity contribution in [2.45, 2.75) is 38.1 Å². The first-order chi connectivity index (χ1) is 12.5. The maximum Gasteiger partial charge on any atom is 0.326 e. The van der Waals surface area contributed by atoms with Gasteiger partial charge in [0, 0.05) is 11.8 Å². The number of carboxylic acids is 2. The van der Waals surface area contributed by atoms with E-state index in [-0.39, 0.29) is 12.8 Å². The van der Waals surface area contributed by atoms with E-state index in [0.717, 1.165) is 10.8 Å².